The van der Waals surface area contributed by atoms with Crippen molar-refractivity contribution in [3.05, 3.63) is 177 Å². The summed E-state index contributed by atoms with van der Waals surface area (Å²) in [5.41, 5.74) is 10.0. The molecule has 8 amide bonds. The third kappa shape index (κ3) is 22.7. The van der Waals surface area contributed by atoms with E-state index in [0.717, 1.165) is 64.2 Å². The number of benzene rings is 2. The standard InChI is InChI=1S/C28H32F4N6O2.C24H26FN5O2.C21H28ClN5O4.C21H30ClN5O3/c1-17-15-36(11-12-37(17)26(39)22(33)13-18-5-3-2-4-6-18)27(40)24-16-38-25(34-24)21(28(30,31)32)14-23(35-38)19-7-9-20(29)10-8-19;1-5-22(31)29-11-10-28(13-16(29)4)24(32)21-14-30-23(26-21)19(15(2)3)12-20(27-30)17-6-8-18(25)9-7-17;1-13(2)14-10-16(22)24-27-11-15(23-17(14)27)18(28)26-9-8-25(12-20(26,3)4)19(29)31-21(30)6-5-7-21;1-13(2)14-10-16(22)24-27-11-15(23-17(14)27)18(28)26-9-8-25(12-21(26,6)7)19(29)30-20(3,4)5/h7-10,14,16-18,22H,2-6,11-13,15,33H2,1H3;5-9,12,14-16H,1,10-11,13H2,2-4H3;10-11,13,30H,5-9,12H2,1-4H3;10-11,13H,8-9,12H2,1-7H3/t17-,22+;16-;;/m00../s1. The summed E-state index contributed by atoms with van der Waals surface area (Å²) in [6.07, 6.45) is 9.81. The molecule has 10 aromatic rings. The van der Waals surface area contributed by atoms with E-state index in [9.17, 15) is 65.4 Å². The first-order valence-electron chi connectivity index (χ1n) is 45.0. The summed E-state index contributed by atoms with van der Waals surface area (Å²) in [5.74, 6) is -2.63. The predicted octanol–water partition coefficient (Wildman–Crippen LogP) is 15.1. The molecule has 4 saturated heterocycles. The maximum Gasteiger partial charge on any atom is 0.420 e. The van der Waals surface area contributed by atoms with Gasteiger partial charge >= 0.3 is 18.4 Å². The monoisotopic (exact) mass is 1880 g/mol. The van der Waals surface area contributed by atoms with Crippen LogP contribution >= 0.6 is 23.2 Å². The van der Waals surface area contributed by atoms with Gasteiger partial charge in [0.15, 0.2) is 22.6 Å². The number of nitrogens with zero attached hydrogens (tertiary/aromatic N) is 20. The first-order valence-corrected chi connectivity index (χ1v) is 45.7. The van der Waals surface area contributed by atoms with Crippen molar-refractivity contribution in [1.82, 2.24) is 97.6 Å². The van der Waals surface area contributed by atoms with Crippen molar-refractivity contribution in [3.8, 4) is 22.5 Å². The molecule has 32 nitrogen and oxygen atoms in total. The minimum absolute atomic E-state index is 0.0402. The number of carbonyl (C=O) groups is 8. The number of piperazine rings is 4. The quantitative estimate of drug-likeness (QED) is 0.0580. The van der Waals surface area contributed by atoms with Crippen LogP contribution in [0.4, 0.5) is 31.5 Å². The number of ether oxygens (including phenoxy) is 2. The van der Waals surface area contributed by atoms with Crippen molar-refractivity contribution in [2.24, 2.45) is 11.7 Å². The molecule has 712 valence electrons. The number of alkyl halides is 3. The van der Waals surface area contributed by atoms with E-state index in [1.807, 2.05) is 96.1 Å². The van der Waals surface area contributed by atoms with Gasteiger partial charge in [-0.25, -0.2) is 56.4 Å². The number of fused-ring (bicyclic) bond motifs is 4. The van der Waals surface area contributed by atoms with Crippen LogP contribution in [-0.2, 0) is 25.2 Å². The number of hydrogen-bond acceptors (Lipinski definition) is 20. The molecular formula is C94H116Cl2F5N21O11. The Hall–Kier alpha value is -11.8. The van der Waals surface area contributed by atoms with Gasteiger partial charge in [0, 0.05) is 131 Å². The van der Waals surface area contributed by atoms with E-state index < -0.39 is 63.7 Å². The first-order chi connectivity index (χ1) is 62.6. The molecule has 2 saturated carbocycles. The van der Waals surface area contributed by atoms with Crippen LogP contribution in [0.3, 0.4) is 0 Å². The number of imidazole rings is 4. The number of amides is 8. The van der Waals surface area contributed by atoms with Crippen LogP contribution in [0, 0.1) is 17.6 Å². The third-order valence-corrected chi connectivity index (χ3v) is 25.2. The van der Waals surface area contributed by atoms with Crippen molar-refractivity contribution in [1.29, 1.82) is 0 Å². The van der Waals surface area contributed by atoms with Crippen LogP contribution in [0.5, 0.6) is 0 Å². The second-order valence-electron chi connectivity index (χ2n) is 38.2. The Morgan fingerprint density at radius 3 is 1.32 bits per heavy atom. The van der Waals surface area contributed by atoms with Gasteiger partial charge in [-0.1, -0.05) is 103 Å². The molecule has 0 spiro atoms. The van der Waals surface area contributed by atoms with Gasteiger partial charge in [0.2, 0.25) is 17.6 Å². The van der Waals surface area contributed by atoms with Gasteiger partial charge in [0.05, 0.1) is 53.3 Å². The van der Waals surface area contributed by atoms with E-state index in [1.54, 1.807) is 90.7 Å². The summed E-state index contributed by atoms with van der Waals surface area (Å²) in [7, 11) is 0. The van der Waals surface area contributed by atoms with Crippen molar-refractivity contribution in [2.75, 3.05) is 78.5 Å². The maximum absolute atomic E-state index is 13.9. The number of hydrogen-bond donors (Lipinski definition) is 2. The fourth-order valence-electron chi connectivity index (χ4n) is 17.6. The molecule has 133 heavy (non-hydrogen) atoms. The molecule has 3 atom stereocenters. The highest BCUT2D eigenvalue weighted by Crippen LogP contribution is 2.39. The third-order valence-electron chi connectivity index (χ3n) is 24.9. The molecule has 6 aliphatic rings. The van der Waals surface area contributed by atoms with E-state index in [0.29, 0.717) is 128 Å². The molecule has 0 unspecified atom stereocenters. The van der Waals surface area contributed by atoms with Crippen LogP contribution in [0.15, 0.2) is 110 Å². The molecular weight excluding hydrogens is 1770 g/mol. The Morgan fingerprint density at radius 2 is 0.917 bits per heavy atom. The Bertz CT molecular complexity index is 6020. The Labute approximate surface area is 777 Å². The summed E-state index contributed by atoms with van der Waals surface area (Å²) in [6.45, 7) is 36.8. The topological polar surface area (TPSA) is 348 Å². The lowest BCUT2D eigenvalue weighted by atomic mass is 9.84. The summed E-state index contributed by atoms with van der Waals surface area (Å²) in [4.78, 5) is 134. The molecule has 8 aromatic heterocycles. The largest absolute Gasteiger partial charge is 0.444 e. The zero-order chi connectivity index (χ0) is 96.6. The highest BCUT2D eigenvalue weighted by Gasteiger charge is 2.46. The lowest BCUT2D eigenvalue weighted by molar-refractivity contribution is -0.216. The Morgan fingerprint density at radius 1 is 0.526 bits per heavy atom. The average molecular weight is 1880 g/mol. The normalized spacial score (nSPS) is 18.4. The number of halogens is 7. The second kappa shape index (κ2) is 39.8. The van der Waals surface area contributed by atoms with Crippen LogP contribution in [0.2, 0.25) is 10.3 Å². The van der Waals surface area contributed by atoms with Gasteiger partial charge in [-0.15, -0.1) is 0 Å². The van der Waals surface area contributed by atoms with Crippen molar-refractivity contribution in [2.45, 2.75) is 226 Å². The fourth-order valence-corrected chi connectivity index (χ4v) is 18.0. The molecule has 12 heterocycles. The van der Waals surface area contributed by atoms with Gasteiger partial charge in [-0.3, -0.25) is 28.8 Å². The van der Waals surface area contributed by atoms with Gasteiger partial charge in [-0.2, -0.15) is 33.6 Å². The van der Waals surface area contributed by atoms with E-state index in [2.05, 4.69) is 60.8 Å². The van der Waals surface area contributed by atoms with Crippen LogP contribution < -0.4 is 5.73 Å². The van der Waals surface area contributed by atoms with Crippen LogP contribution in [-0.4, -0.2) is 269 Å². The summed E-state index contributed by atoms with van der Waals surface area (Å²) in [5, 5.41) is 28.1. The van der Waals surface area contributed by atoms with Gasteiger partial charge in [0.25, 0.3) is 23.6 Å². The summed E-state index contributed by atoms with van der Waals surface area (Å²) >= 11 is 12.3. The molecule has 2 aliphatic carbocycles. The molecule has 4 aliphatic heterocycles. The predicted molar refractivity (Wildman–Crippen MR) is 488 cm³/mol. The fraction of sp³-hybridized carbons (Fsp3) is 0.511. The number of aliphatic hydroxyl groups is 1. The highest BCUT2D eigenvalue weighted by molar-refractivity contribution is 6.29. The summed E-state index contributed by atoms with van der Waals surface area (Å²) < 4.78 is 84.9. The van der Waals surface area contributed by atoms with Crippen molar-refractivity contribution in [3.63, 3.8) is 0 Å². The first kappa shape index (κ1) is 98.7. The number of aromatic nitrogens is 12. The Balaban J connectivity index is 0.000000152. The van der Waals surface area contributed by atoms with Crippen molar-refractivity contribution >= 4 is 93.4 Å². The van der Waals surface area contributed by atoms with E-state index in [4.69, 9.17) is 38.4 Å². The molecule has 6 fully saturated rings. The average Bonchev–Trinajstić information content (AvgIpc) is 1.67. The van der Waals surface area contributed by atoms with Gasteiger partial charge in [0.1, 0.15) is 55.9 Å². The maximum atomic E-state index is 13.9. The highest BCUT2D eigenvalue weighted by atomic mass is 35.5. The second-order valence-corrected chi connectivity index (χ2v) is 38.9. The molecule has 0 bridgehead atoms. The van der Waals surface area contributed by atoms with E-state index in [1.165, 1.54) is 60.7 Å². The lowest BCUT2D eigenvalue weighted by Crippen LogP contribution is -2.62. The number of carbonyl (C=O) groups excluding carboxylic acids is 8. The zero-order valence-electron chi connectivity index (χ0n) is 77.6. The molecule has 39 heteroatoms. The summed E-state index contributed by atoms with van der Waals surface area (Å²) in [6, 6.07) is 16.4. The molecule has 0 radical (unpaired) electrons. The van der Waals surface area contributed by atoms with Crippen LogP contribution in [0.25, 0.3) is 45.1 Å². The van der Waals surface area contributed by atoms with E-state index in [-0.39, 0.29) is 114 Å². The molecule has 2 aromatic carbocycles. The Kier molecular flexibility index (Phi) is 29.5. The van der Waals surface area contributed by atoms with Crippen molar-refractivity contribution < 1.29 is 74.9 Å². The minimum atomic E-state index is -4.76. The lowest BCUT2D eigenvalue weighted by Gasteiger charge is -2.47. The van der Waals surface area contributed by atoms with E-state index >= 15 is 0 Å². The minimum Gasteiger partial charge on any atom is -0.444 e. The van der Waals surface area contributed by atoms with Gasteiger partial charge in [-0.05, 0) is 178 Å². The smallest absolute Gasteiger partial charge is 0.420 e. The number of rotatable bonds is 14. The molecule has 3 N–H and O–H groups in total. The van der Waals surface area contributed by atoms with Crippen LogP contribution in [0.1, 0.15) is 244 Å². The number of nitrogens with two attached hydrogens (primary N) is 1. The molecule has 16 rings (SSSR count). The zero-order valence-corrected chi connectivity index (χ0v) is 79.1. The van der Waals surface area contributed by atoms with Gasteiger partial charge < -0.3 is 59.5 Å². The SMILES string of the molecule is C=CC(=O)N1CCN(C(=O)c2cn3nc(-c4ccc(F)cc4)cc(C(C)C)c3n2)C[C@@H]1C.CC(C)c1cc(Cl)nn2cc(C(=O)N3CCN(C(=O)OC(C)(C)C)CC3(C)C)nc12.CC(C)c1cc(Cl)nn2cc(C(=O)N3CCN(C(=O)OC4(O)CCC4)CC3(C)C)nc12.C[C@H]1CN(C(=O)c2cn3nc(-c4ccc(F)cc4)cc(C(F)(F)F)c3n2)CCN1C(=O)[C@H](N)CC1CCCCC1.